The summed E-state index contributed by atoms with van der Waals surface area (Å²) in [5.74, 6) is 0.750. The Morgan fingerprint density at radius 3 is 2.48 bits per heavy atom. The molecule has 2 rings (SSSR count). The number of hydrogen-bond donors (Lipinski definition) is 1. The Hall–Kier alpha value is -1.59. The predicted molar refractivity (Wildman–Crippen MR) is 110 cm³/mol. The zero-order valence-corrected chi connectivity index (χ0v) is 17.3. The number of nitrogens with zero attached hydrogens (tertiary/aromatic N) is 1. The molecule has 1 heterocycles. The summed E-state index contributed by atoms with van der Waals surface area (Å²) in [5, 5.41) is 2.98. The van der Waals surface area contributed by atoms with Gasteiger partial charge in [-0.05, 0) is 70.5 Å². The monoisotopic (exact) mass is 376 g/mol. The molecule has 1 amide bonds. The molecule has 0 bridgehead atoms. The van der Waals surface area contributed by atoms with Gasteiger partial charge in [0.15, 0.2) is 0 Å². The molecule has 152 valence electrons. The van der Waals surface area contributed by atoms with Crippen molar-refractivity contribution in [3.05, 3.63) is 24.3 Å². The van der Waals surface area contributed by atoms with E-state index in [2.05, 4.69) is 17.1 Å². The molecule has 5 nitrogen and oxygen atoms in total. The van der Waals surface area contributed by atoms with Crippen molar-refractivity contribution in [3.8, 4) is 5.75 Å². The second kappa shape index (κ2) is 11.3. The third-order valence-corrected chi connectivity index (χ3v) is 5.19. The molecule has 1 saturated heterocycles. The van der Waals surface area contributed by atoms with Crippen LogP contribution >= 0.6 is 0 Å². The van der Waals surface area contributed by atoms with Gasteiger partial charge in [-0.1, -0.05) is 26.2 Å². The number of piperidine rings is 1. The number of carbonyl (C=O) groups excluding carboxylic acids is 1. The minimum Gasteiger partial charge on any atom is -0.492 e. The smallest absolute Gasteiger partial charge is 0.256 e. The lowest BCUT2D eigenvalue weighted by molar-refractivity contribution is -0.139. The number of nitrogens with one attached hydrogen (secondary N) is 1. The van der Waals surface area contributed by atoms with Crippen LogP contribution in [0.25, 0.3) is 0 Å². The number of likely N-dealkylation sites (tertiary alicyclic amines) is 1. The number of anilines is 1. The molecule has 1 aliphatic heterocycles. The maximum atomic E-state index is 12.7. The van der Waals surface area contributed by atoms with Crippen LogP contribution in [0.15, 0.2) is 24.3 Å². The summed E-state index contributed by atoms with van der Waals surface area (Å²) in [5.41, 5.74) is -0.0141. The number of benzene rings is 1. The first kappa shape index (κ1) is 21.7. The fourth-order valence-corrected chi connectivity index (χ4v) is 3.46. The van der Waals surface area contributed by atoms with Gasteiger partial charge in [0.2, 0.25) is 0 Å². The minimum absolute atomic E-state index is 0.0865. The highest BCUT2D eigenvalue weighted by Crippen LogP contribution is 2.23. The third-order valence-electron chi connectivity index (χ3n) is 5.19. The number of hydrogen-bond acceptors (Lipinski definition) is 4. The van der Waals surface area contributed by atoms with Gasteiger partial charge in [0, 0.05) is 18.8 Å². The maximum absolute atomic E-state index is 12.7. The average Bonchev–Trinajstić information content (AvgIpc) is 2.69. The zero-order valence-electron chi connectivity index (χ0n) is 17.3. The highest BCUT2D eigenvalue weighted by Gasteiger charge is 2.33. The van der Waals surface area contributed by atoms with Gasteiger partial charge in [0.1, 0.15) is 18.0 Å². The Morgan fingerprint density at radius 1 is 1.15 bits per heavy atom. The highest BCUT2D eigenvalue weighted by atomic mass is 16.5. The molecule has 0 radical (unpaired) electrons. The molecule has 1 aromatic rings. The second-order valence-electron chi connectivity index (χ2n) is 7.50. The van der Waals surface area contributed by atoms with Gasteiger partial charge in [-0.15, -0.1) is 0 Å². The fourth-order valence-electron chi connectivity index (χ4n) is 3.46. The van der Waals surface area contributed by atoms with Crippen LogP contribution in [0.3, 0.4) is 0 Å². The molecule has 1 atom stereocenters. The van der Waals surface area contributed by atoms with E-state index >= 15 is 0 Å². The molecule has 1 fully saturated rings. The summed E-state index contributed by atoms with van der Waals surface area (Å²) in [7, 11) is 0. The van der Waals surface area contributed by atoms with Gasteiger partial charge in [0.05, 0.1) is 0 Å². The van der Waals surface area contributed by atoms with Crippen LogP contribution in [-0.4, -0.2) is 49.3 Å². The Labute approximate surface area is 164 Å². The Balaban J connectivity index is 1.81. The van der Waals surface area contributed by atoms with E-state index in [4.69, 9.17) is 9.47 Å². The van der Waals surface area contributed by atoms with E-state index in [1.807, 2.05) is 38.1 Å². The van der Waals surface area contributed by atoms with Crippen molar-refractivity contribution < 1.29 is 14.3 Å². The van der Waals surface area contributed by atoms with Crippen molar-refractivity contribution in [3.63, 3.8) is 0 Å². The molecular formula is C22H36N2O3. The van der Waals surface area contributed by atoms with Crippen LogP contribution in [-0.2, 0) is 9.53 Å². The highest BCUT2D eigenvalue weighted by molar-refractivity contribution is 5.97. The number of carbonyl (C=O) groups is 1. The Bertz CT molecular complexity index is 555. The first-order chi connectivity index (χ1) is 13.1. The van der Waals surface area contributed by atoms with Gasteiger partial charge >= 0.3 is 0 Å². The van der Waals surface area contributed by atoms with E-state index < -0.39 is 5.60 Å². The third kappa shape index (κ3) is 7.15. The number of unbranched alkanes of at least 4 members (excludes halogenated alkanes) is 1. The normalized spacial score (nSPS) is 17.3. The van der Waals surface area contributed by atoms with Crippen molar-refractivity contribution in [2.45, 2.75) is 64.9 Å². The van der Waals surface area contributed by atoms with E-state index in [0.29, 0.717) is 13.2 Å². The van der Waals surface area contributed by atoms with Crippen molar-refractivity contribution >= 4 is 11.6 Å². The molecule has 1 N–H and O–H groups in total. The summed E-state index contributed by atoms with van der Waals surface area (Å²) in [4.78, 5) is 15.2. The van der Waals surface area contributed by atoms with E-state index in [1.54, 1.807) is 0 Å². The first-order valence-electron chi connectivity index (χ1n) is 10.5. The molecule has 0 aliphatic carbocycles. The first-order valence-corrected chi connectivity index (χ1v) is 10.5. The summed E-state index contributed by atoms with van der Waals surface area (Å²) >= 11 is 0. The number of ether oxygens (including phenoxy) is 2. The molecule has 1 aliphatic rings. The van der Waals surface area contributed by atoms with E-state index in [1.165, 1.54) is 32.4 Å². The lowest BCUT2D eigenvalue weighted by atomic mass is 9.97. The zero-order chi connectivity index (χ0) is 19.5. The Morgan fingerprint density at radius 2 is 1.85 bits per heavy atom. The van der Waals surface area contributed by atoms with Crippen molar-refractivity contribution in [1.82, 2.24) is 4.90 Å². The molecule has 1 aromatic carbocycles. The van der Waals surface area contributed by atoms with Crippen LogP contribution in [0.1, 0.15) is 59.3 Å². The average molecular weight is 377 g/mol. The van der Waals surface area contributed by atoms with Crippen LogP contribution in [0.2, 0.25) is 0 Å². The molecule has 0 saturated carbocycles. The van der Waals surface area contributed by atoms with E-state index in [9.17, 15) is 4.79 Å². The topological polar surface area (TPSA) is 50.8 Å². The van der Waals surface area contributed by atoms with Gasteiger partial charge in [-0.3, -0.25) is 9.69 Å². The molecular weight excluding hydrogens is 340 g/mol. The van der Waals surface area contributed by atoms with Crippen LogP contribution in [0.5, 0.6) is 5.75 Å². The molecule has 27 heavy (non-hydrogen) atoms. The van der Waals surface area contributed by atoms with Gasteiger partial charge < -0.3 is 14.8 Å². The number of amides is 1. The standard InChI is InChI=1S/C22H36N2O3/c1-4-6-14-22(3,27-5-2)21(25)23-19-10-12-20(13-11-19)26-18-17-24-15-8-7-9-16-24/h10-13H,4-9,14-18H2,1-3H3,(H,23,25)/t22-/m1/s1. The lowest BCUT2D eigenvalue weighted by Gasteiger charge is -2.28. The summed E-state index contributed by atoms with van der Waals surface area (Å²) in [6.45, 7) is 10.5. The largest absolute Gasteiger partial charge is 0.492 e. The summed E-state index contributed by atoms with van der Waals surface area (Å²) < 4.78 is 11.6. The van der Waals surface area contributed by atoms with Crippen molar-refractivity contribution in [1.29, 1.82) is 0 Å². The summed E-state index contributed by atoms with van der Waals surface area (Å²) in [6.07, 6.45) is 6.68. The number of rotatable bonds is 11. The summed E-state index contributed by atoms with van der Waals surface area (Å²) in [6, 6.07) is 7.60. The minimum atomic E-state index is -0.783. The van der Waals surface area contributed by atoms with Crippen LogP contribution in [0.4, 0.5) is 5.69 Å². The SMILES string of the molecule is CCCC[C@@](C)(OCC)C(=O)Nc1ccc(OCCN2CCCCC2)cc1. The Kier molecular flexibility index (Phi) is 9.08. The maximum Gasteiger partial charge on any atom is 0.256 e. The van der Waals surface area contributed by atoms with Gasteiger partial charge in [-0.2, -0.15) is 0 Å². The quantitative estimate of drug-likeness (QED) is 0.619. The van der Waals surface area contributed by atoms with Crippen LogP contribution < -0.4 is 10.1 Å². The van der Waals surface area contributed by atoms with E-state index in [0.717, 1.165) is 37.2 Å². The second-order valence-corrected chi connectivity index (χ2v) is 7.50. The predicted octanol–water partition coefficient (Wildman–Crippen LogP) is 4.48. The molecule has 0 aromatic heterocycles. The fraction of sp³-hybridized carbons (Fsp3) is 0.682. The molecule has 0 unspecified atom stereocenters. The van der Waals surface area contributed by atoms with Crippen molar-refractivity contribution in [2.24, 2.45) is 0 Å². The van der Waals surface area contributed by atoms with Gasteiger partial charge in [-0.25, -0.2) is 0 Å². The lowest BCUT2D eigenvalue weighted by Crippen LogP contribution is -2.42. The van der Waals surface area contributed by atoms with Crippen LogP contribution in [0, 0.1) is 0 Å². The molecule has 0 spiro atoms. The molecule has 5 heteroatoms. The van der Waals surface area contributed by atoms with E-state index in [-0.39, 0.29) is 5.91 Å². The van der Waals surface area contributed by atoms with Gasteiger partial charge in [0.25, 0.3) is 5.91 Å². The van der Waals surface area contributed by atoms with Crippen molar-refractivity contribution in [2.75, 3.05) is 38.2 Å².